The molecule has 1 heteroatoms. The van der Waals surface area contributed by atoms with Crippen LogP contribution in [0.15, 0.2) is 77.0 Å². The predicted octanol–water partition coefficient (Wildman–Crippen LogP) is 6.21. The van der Waals surface area contributed by atoms with Gasteiger partial charge in [-0.15, -0.1) is 0 Å². The Balaban J connectivity index is 2.24. The van der Waals surface area contributed by atoms with Crippen LogP contribution in [0.1, 0.15) is 53.6 Å². The van der Waals surface area contributed by atoms with E-state index in [9.17, 15) is 0 Å². The second kappa shape index (κ2) is 8.37. The molecule has 0 fully saturated rings. The van der Waals surface area contributed by atoms with Gasteiger partial charge in [0.05, 0.1) is 0 Å². The number of benzene rings is 3. The molecule has 0 N–H and O–H groups in total. The molecule has 0 atom stereocenters. The van der Waals surface area contributed by atoms with E-state index in [1.165, 1.54) is 60.1 Å². The van der Waals surface area contributed by atoms with E-state index in [4.69, 9.17) is 0 Å². The van der Waals surface area contributed by atoms with Crippen molar-refractivity contribution in [3.63, 3.8) is 0 Å². The fourth-order valence-corrected chi connectivity index (χ4v) is 11.7. The van der Waals surface area contributed by atoms with E-state index >= 15 is 0 Å². The van der Waals surface area contributed by atoms with Crippen LogP contribution >= 0.6 is 0 Å². The number of hydrogen-bond donors (Lipinski definition) is 0. The quantitative estimate of drug-likeness (QED) is 0.337. The molecule has 0 amide bonds. The Morgan fingerprint density at radius 2 is 0.781 bits per heavy atom. The van der Waals surface area contributed by atoms with Crippen LogP contribution in [-0.2, 0) is 0 Å². The summed E-state index contributed by atoms with van der Waals surface area (Å²) in [5.74, 6) is 0. The maximum atomic E-state index is 2.47. The minimum atomic E-state index is -2.46. The molecule has 3 aromatic carbocycles. The molecule has 1 aliphatic carbocycles. The van der Waals surface area contributed by atoms with Crippen LogP contribution in [-0.4, -0.2) is 8.07 Å². The van der Waals surface area contributed by atoms with Gasteiger partial charge in [-0.3, -0.25) is 0 Å². The van der Waals surface area contributed by atoms with Crippen molar-refractivity contribution < 1.29 is 0 Å². The summed E-state index contributed by atoms with van der Waals surface area (Å²) < 4.78 is 0. The fraction of sp³-hybridized carbons (Fsp3) is 0.290. The maximum absolute atomic E-state index is 2.47. The molecule has 0 aromatic heterocycles. The lowest BCUT2D eigenvalue weighted by molar-refractivity contribution is 1.32. The van der Waals surface area contributed by atoms with Crippen molar-refractivity contribution in [1.29, 1.82) is 0 Å². The standard InChI is InChI=1S/C31H36Si/c1-20-11-21(2)15-28(14-20)32(31-10-9-26(7)27(31)8,29-16-22(3)12-23(4)17-29)30-18-24(5)13-25(6)19-30/h9,11-19H,10H2,1-8H3. The van der Waals surface area contributed by atoms with Crippen molar-refractivity contribution in [3.05, 3.63) is 110 Å². The SMILES string of the molecule is CC1=CCC([Si](c2cc(C)cc(C)c2)(c2cc(C)cc(C)c2)c2cc(C)cc(C)c2)=C1C. The lowest BCUT2D eigenvalue weighted by Gasteiger charge is -2.37. The fourth-order valence-electron chi connectivity index (χ4n) is 5.83. The zero-order valence-electron chi connectivity index (χ0n) is 21.0. The van der Waals surface area contributed by atoms with Crippen molar-refractivity contribution in [1.82, 2.24) is 0 Å². The third-order valence-electron chi connectivity index (χ3n) is 7.07. The highest BCUT2D eigenvalue weighted by Crippen LogP contribution is 2.33. The molecule has 0 bridgehead atoms. The first-order chi connectivity index (χ1) is 15.1. The molecule has 0 spiro atoms. The summed E-state index contributed by atoms with van der Waals surface area (Å²) in [5.41, 5.74) is 11.1. The number of rotatable bonds is 4. The van der Waals surface area contributed by atoms with E-state index in [0.29, 0.717) is 0 Å². The summed E-state index contributed by atoms with van der Waals surface area (Å²) in [6.07, 6.45) is 3.50. The molecular formula is C31H36Si. The Hall–Kier alpha value is -2.64. The second-order valence-electron chi connectivity index (χ2n) is 10.1. The van der Waals surface area contributed by atoms with Gasteiger partial charge in [0.25, 0.3) is 0 Å². The second-order valence-corrected chi connectivity index (χ2v) is 13.9. The van der Waals surface area contributed by atoms with Gasteiger partial charge in [-0.2, -0.15) is 0 Å². The zero-order valence-corrected chi connectivity index (χ0v) is 22.0. The number of aryl methyl sites for hydroxylation is 6. The average molecular weight is 437 g/mol. The Morgan fingerprint density at radius 3 is 1.03 bits per heavy atom. The number of hydrogen-bond acceptors (Lipinski definition) is 0. The van der Waals surface area contributed by atoms with E-state index < -0.39 is 8.07 Å². The van der Waals surface area contributed by atoms with Crippen LogP contribution in [0.4, 0.5) is 0 Å². The Morgan fingerprint density at radius 1 is 0.469 bits per heavy atom. The van der Waals surface area contributed by atoms with Crippen molar-refractivity contribution in [2.24, 2.45) is 0 Å². The molecule has 0 radical (unpaired) electrons. The monoisotopic (exact) mass is 436 g/mol. The first-order valence-corrected chi connectivity index (χ1v) is 13.7. The van der Waals surface area contributed by atoms with Gasteiger partial charge in [0.15, 0.2) is 8.07 Å². The molecule has 0 saturated carbocycles. The lowest BCUT2D eigenvalue weighted by atomic mass is 10.1. The molecule has 3 aromatic rings. The maximum Gasteiger partial charge on any atom is 0.176 e. The Kier molecular flexibility index (Phi) is 5.90. The Labute approximate surface area is 195 Å². The molecule has 0 aliphatic heterocycles. The summed E-state index contributed by atoms with van der Waals surface area (Å²) in [5, 5.41) is 6.20. The lowest BCUT2D eigenvalue weighted by Crippen LogP contribution is -2.69. The normalized spacial score (nSPS) is 14.2. The van der Waals surface area contributed by atoms with E-state index in [2.05, 4.69) is 116 Å². The molecule has 32 heavy (non-hydrogen) atoms. The first kappa shape index (κ1) is 22.5. The summed E-state index contributed by atoms with van der Waals surface area (Å²) in [4.78, 5) is 0. The van der Waals surface area contributed by atoms with E-state index in [1.807, 2.05) is 0 Å². The van der Waals surface area contributed by atoms with Crippen LogP contribution in [0.2, 0.25) is 0 Å². The minimum absolute atomic E-state index is 1.05. The van der Waals surface area contributed by atoms with Crippen LogP contribution < -0.4 is 15.6 Å². The van der Waals surface area contributed by atoms with Crippen molar-refractivity contribution in [3.8, 4) is 0 Å². The molecule has 0 nitrogen and oxygen atoms in total. The zero-order chi connectivity index (χ0) is 23.2. The summed E-state index contributed by atoms with van der Waals surface area (Å²) in [6.45, 7) is 18.1. The van der Waals surface area contributed by atoms with Crippen molar-refractivity contribution >= 4 is 23.6 Å². The molecule has 164 valence electrons. The van der Waals surface area contributed by atoms with Crippen LogP contribution in [0, 0.1) is 41.5 Å². The van der Waals surface area contributed by atoms with Crippen LogP contribution in [0.5, 0.6) is 0 Å². The van der Waals surface area contributed by atoms with Crippen LogP contribution in [0.25, 0.3) is 0 Å². The van der Waals surface area contributed by atoms with E-state index in [1.54, 1.807) is 5.20 Å². The summed E-state index contributed by atoms with van der Waals surface area (Å²) >= 11 is 0. The molecule has 1 aliphatic rings. The number of allylic oxidation sites excluding steroid dienone is 4. The molecule has 0 unspecified atom stereocenters. The highest BCUT2D eigenvalue weighted by atomic mass is 28.3. The largest absolute Gasteiger partial charge is 0.176 e. The first-order valence-electron chi connectivity index (χ1n) is 11.7. The van der Waals surface area contributed by atoms with Gasteiger partial charge in [0.1, 0.15) is 0 Å². The summed E-state index contributed by atoms with van der Waals surface area (Å²) in [7, 11) is -2.46. The molecule has 4 rings (SSSR count). The van der Waals surface area contributed by atoms with Gasteiger partial charge >= 0.3 is 0 Å². The topological polar surface area (TPSA) is 0 Å². The van der Waals surface area contributed by atoms with Gasteiger partial charge in [-0.05, 0) is 77.4 Å². The molecule has 0 heterocycles. The van der Waals surface area contributed by atoms with Gasteiger partial charge in [-0.1, -0.05) is 110 Å². The van der Waals surface area contributed by atoms with Gasteiger partial charge in [0, 0.05) is 0 Å². The van der Waals surface area contributed by atoms with E-state index in [0.717, 1.165) is 6.42 Å². The average Bonchev–Trinajstić information content (AvgIpc) is 3.00. The van der Waals surface area contributed by atoms with Gasteiger partial charge in [0.2, 0.25) is 0 Å². The smallest absolute Gasteiger partial charge is 0.0776 e. The van der Waals surface area contributed by atoms with E-state index in [-0.39, 0.29) is 0 Å². The highest BCUT2D eigenvalue weighted by molar-refractivity contribution is 7.16. The minimum Gasteiger partial charge on any atom is -0.0776 e. The van der Waals surface area contributed by atoms with Crippen LogP contribution in [0.3, 0.4) is 0 Å². The van der Waals surface area contributed by atoms with Crippen molar-refractivity contribution in [2.45, 2.75) is 61.8 Å². The third-order valence-corrected chi connectivity index (χ3v) is 12.0. The Bertz CT molecular complexity index is 1080. The molecule has 0 saturated heterocycles. The third kappa shape index (κ3) is 3.84. The van der Waals surface area contributed by atoms with Gasteiger partial charge < -0.3 is 0 Å². The van der Waals surface area contributed by atoms with Crippen molar-refractivity contribution in [2.75, 3.05) is 0 Å². The molecular weight excluding hydrogens is 400 g/mol. The highest BCUT2D eigenvalue weighted by Gasteiger charge is 2.45. The predicted molar refractivity (Wildman–Crippen MR) is 143 cm³/mol. The summed E-state index contributed by atoms with van der Waals surface area (Å²) in [6, 6.07) is 21.8. The van der Waals surface area contributed by atoms with Gasteiger partial charge in [-0.25, -0.2) is 0 Å².